The number of carbonyl (C=O) groups is 2. The van der Waals surface area contributed by atoms with Crippen molar-refractivity contribution in [1.29, 1.82) is 0 Å². The summed E-state index contributed by atoms with van der Waals surface area (Å²) in [6.07, 6.45) is 0.374. The van der Waals surface area contributed by atoms with E-state index < -0.39 is 33.5 Å². The molecule has 1 unspecified atom stereocenters. The number of benzene rings is 1. The van der Waals surface area contributed by atoms with Crippen molar-refractivity contribution < 1.29 is 22.4 Å². The van der Waals surface area contributed by atoms with Crippen LogP contribution in [0.25, 0.3) is 0 Å². The van der Waals surface area contributed by atoms with Crippen LogP contribution in [0.5, 0.6) is 0 Å². The second kappa shape index (κ2) is 6.74. The molecule has 1 atom stereocenters. The Hall–Kier alpha value is -1.48. The Morgan fingerprint density at radius 1 is 1.32 bits per heavy atom. The van der Waals surface area contributed by atoms with E-state index in [0.717, 1.165) is 6.07 Å². The van der Waals surface area contributed by atoms with Gasteiger partial charge in [0.2, 0.25) is 5.91 Å². The lowest BCUT2D eigenvalue weighted by Gasteiger charge is -2.11. The Morgan fingerprint density at radius 2 is 2.05 bits per heavy atom. The van der Waals surface area contributed by atoms with Gasteiger partial charge < -0.3 is 10.6 Å². The van der Waals surface area contributed by atoms with Gasteiger partial charge in [-0.2, -0.15) is 0 Å². The third-order valence-electron chi connectivity index (χ3n) is 3.13. The molecule has 0 bridgehead atoms. The van der Waals surface area contributed by atoms with Gasteiger partial charge in [-0.15, -0.1) is 0 Å². The lowest BCUT2D eigenvalue weighted by Crippen LogP contribution is -2.42. The summed E-state index contributed by atoms with van der Waals surface area (Å²) in [7, 11) is -3.07. The van der Waals surface area contributed by atoms with Gasteiger partial charge in [0.1, 0.15) is 5.82 Å². The maximum Gasteiger partial charge on any atom is 0.251 e. The summed E-state index contributed by atoms with van der Waals surface area (Å²) in [5, 5.41) is 4.91. The molecule has 9 heteroatoms. The molecular formula is C13H14BrFN2O4S. The first kappa shape index (κ1) is 16.9. The van der Waals surface area contributed by atoms with Gasteiger partial charge in [-0.3, -0.25) is 9.59 Å². The summed E-state index contributed by atoms with van der Waals surface area (Å²) >= 11 is 3.07. The van der Waals surface area contributed by atoms with E-state index in [-0.39, 0.29) is 23.6 Å². The highest BCUT2D eigenvalue weighted by atomic mass is 79.9. The van der Waals surface area contributed by atoms with Gasteiger partial charge in [0.05, 0.1) is 18.1 Å². The SMILES string of the molecule is O=C(CNC(=O)c1cc(F)cc(Br)c1)NC1CCS(=O)(=O)C1. The van der Waals surface area contributed by atoms with Crippen LogP contribution in [0.1, 0.15) is 16.8 Å². The zero-order chi connectivity index (χ0) is 16.3. The largest absolute Gasteiger partial charge is 0.351 e. The minimum absolute atomic E-state index is 0.0572. The summed E-state index contributed by atoms with van der Waals surface area (Å²) in [4.78, 5) is 23.5. The molecular weight excluding hydrogens is 379 g/mol. The molecule has 1 aromatic carbocycles. The fraction of sp³-hybridized carbons (Fsp3) is 0.385. The second-order valence-electron chi connectivity index (χ2n) is 5.01. The van der Waals surface area contributed by atoms with E-state index in [2.05, 4.69) is 26.6 Å². The number of sulfone groups is 1. The van der Waals surface area contributed by atoms with Gasteiger partial charge in [0, 0.05) is 16.1 Å². The van der Waals surface area contributed by atoms with Gasteiger partial charge >= 0.3 is 0 Å². The standard InChI is InChI=1S/C13H14BrFN2O4S/c14-9-3-8(4-10(15)5-9)13(19)16-6-12(18)17-11-1-2-22(20,21)7-11/h3-5,11H,1-2,6-7H2,(H,16,19)(H,17,18). The molecule has 1 aliphatic rings. The van der Waals surface area contributed by atoms with Crippen molar-refractivity contribution in [1.82, 2.24) is 10.6 Å². The average molecular weight is 393 g/mol. The highest BCUT2D eigenvalue weighted by Crippen LogP contribution is 2.14. The Balaban J connectivity index is 1.84. The number of hydrogen-bond acceptors (Lipinski definition) is 4. The predicted octanol–water partition coefficient (Wildman–Crippen LogP) is 0.621. The zero-order valence-electron chi connectivity index (χ0n) is 11.4. The lowest BCUT2D eigenvalue weighted by atomic mass is 10.2. The van der Waals surface area contributed by atoms with E-state index in [9.17, 15) is 22.4 Å². The fourth-order valence-corrected chi connectivity index (χ4v) is 4.27. The smallest absolute Gasteiger partial charge is 0.251 e. The van der Waals surface area contributed by atoms with E-state index in [1.54, 1.807) is 0 Å². The van der Waals surface area contributed by atoms with Crippen molar-refractivity contribution in [3.63, 3.8) is 0 Å². The molecule has 0 aromatic heterocycles. The average Bonchev–Trinajstić information content (AvgIpc) is 2.74. The van der Waals surface area contributed by atoms with Crippen LogP contribution in [0.15, 0.2) is 22.7 Å². The molecule has 120 valence electrons. The van der Waals surface area contributed by atoms with Gasteiger partial charge in [-0.1, -0.05) is 15.9 Å². The highest BCUT2D eigenvalue weighted by molar-refractivity contribution is 9.10. The number of amides is 2. The second-order valence-corrected chi connectivity index (χ2v) is 8.15. The van der Waals surface area contributed by atoms with Crippen LogP contribution in [0.4, 0.5) is 4.39 Å². The monoisotopic (exact) mass is 392 g/mol. The van der Waals surface area contributed by atoms with Crippen molar-refractivity contribution >= 4 is 37.6 Å². The molecule has 1 heterocycles. The number of halogens is 2. The summed E-state index contributed by atoms with van der Waals surface area (Å²) in [6.45, 7) is -0.302. The van der Waals surface area contributed by atoms with Crippen LogP contribution in [-0.4, -0.2) is 44.3 Å². The molecule has 0 radical (unpaired) electrons. The van der Waals surface area contributed by atoms with E-state index in [1.165, 1.54) is 12.1 Å². The normalized spacial score (nSPS) is 19.6. The van der Waals surface area contributed by atoms with Crippen LogP contribution in [0, 0.1) is 5.82 Å². The van der Waals surface area contributed by atoms with Gasteiger partial charge in [-0.25, -0.2) is 12.8 Å². The summed E-state index contributed by atoms with van der Waals surface area (Å²) in [5.74, 6) is -1.66. The lowest BCUT2D eigenvalue weighted by molar-refractivity contribution is -0.120. The third-order valence-corrected chi connectivity index (χ3v) is 5.36. The molecule has 0 aliphatic carbocycles. The number of carbonyl (C=O) groups excluding carboxylic acids is 2. The van der Waals surface area contributed by atoms with Gasteiger partial charge in [0.25, 0.3) is 5.91 Å². The minimum atomic E-state index is -3.07. The molecule has 2 N–H and O–H groups in total. The summed E-state index contributed by atoms with van der Waals surface area (Å²) in [6, 6.07) is 3.28. The van der Waals surface area contributed by atoms with E-state index >= 15 is 0 Å². The first-order chi connectivity index (χ1) is 10.2. The van der Waals surface area contributed by atoms with Crippen molar-refractivity contribution in [3.05, 3.63) is 34.1 Å². The molecule has 0 spiro atoms. The maximum atomic E-state index is 13.2. The van der Waals surface area contributed by atoms with Crippen LogP contribution in [-0.2, 0) is 14.6 Å². The number of nitrogens with one attached hydrogen (secondary N) is 2. The van der Waals surface area contributed by atoms with Crippen molar-refractivity contribution in [2.45, 2.75) is 12.5 Å². The predicted molar refractivity (Wildman–Crippen MR) is 81.6 cm³/mol. The molecule has 22 heavy (non-hydrogen) atoms. The van der Waals surface area contributed by atoms with E-state index in [4.69, 9.17) is 0 Å². The highest BCUT2D eigenvalue weighted by Gasteiger charge is 2.28. The first-order valence-corrected chi connectivity index (χ1v) is 9.11. The fourth-order valence-electron chi connectivity index (χ4n) is 2.14. The van der Waals surface area contributed by atoms with Gasteiger partial charge in [0.15, 0.2) is 9.84 Å². The molecule has 1 aromatic rings. The quantitative estimate of drug-likeness (QED) is 0.785. The molecule has 2 amide bonds. The maximum absolute atomic E-state index is 13.2. The Morgan fingerprint density at radius 3 is 2.64 bits per heavy atom. The minimum Gasteiger partial charge on any atom is -0.351 e. The van der Waals surface area contributed by atoms with Crippen molar-refractivity contribution in [2.75, 3.05) is 18.1 Å². The number of rotatable bonds is 4. The topological polar surface area (TPSA) is 92.3 Å². The van der Waals surface area contributed by atoms with E-state index in [1.807, 2.05) is 0 Å². The zero-order valence-corrected chi connectivity index (χ0v) is 13.8. The Bertz CT molecular complexity index is 688. The third kappa shape index (κ3) is 4.77. The van der Waals surface area contributed by atoms with Crippen molar-refractivity contribution in [3.8, 4) is 0 Å². The molecule has 6 nitrogen and oxygen atoms in total. The summed E-state index contributed by atoms with van der Waals surface area (Å²) in [5.41, 5.74) is 0.0862. The van der Waals surface area contributed by atoms with Gasteiger partial charge in [-0.05, 0) is 24.6 Å². The van der Waals surface area contributed by atoms with Crippen LogP contribution in [0.3, 0.4) is 0 Å². The van der Waals surface area contributed by atoms with Crippen LogP contribution < -0.4 is 10.6 Å². The molecule has 1 saturated heterocycles. The van der Waals surface area contributed by atoms with Crippen molar-refractivity contribution in [2.24, 2.45) is 0 Å². The van der Waals surface area contributed by atoms with Crippen LogP contribution in [0.2, 0.25) is 0 Å². The van der Waals surface area contributed by atoms with Crippen LogP contribution >= 0.6 is 15.9 Å². The molecule has 1 aliphatic heterocycles. The Kier molecular flexibility index (Phi) is 5.17. The molecule has 0 saturated carbocycles. The van der Waals surface area contributed by atoms with E-state index in [0.29, 0.717) is 10.9 Å². The number of hydrogen-bond donors (Lipinski definition) is 2. The molecule has 1 fully saturated rings. The first-order valence-electron chi connectivity index (χ1n) is 6.49. The molecule has 2 rings (SSSR count). The Labute approximate surface area is 135 Å². The summed E-state index contributed by atoms with van der Waals surface area (Å²) < 4.78 is 36.2.